The molecule has 2 amide bonds. The molecule has 26 heavy (non-hydrogen) atoms. The average molecular weight is 353 g/mol. The summed E-state index contributed by atoms with van der Waals surface area (Å²) < 4.78 is 0. The molecular formula is C21H27N3O2. The number of hydrogen-bond donors (Lipinski definition) is 1. The fourth-order valence-electron chi connectivity index (χ4n) is 2.80. The number of aromatic nitrogens is 1. The number of pyridine rings is 1. The summed E-state index contributed by atoms with van der Waals surface area (Å²) in [5.41, 5.74) is 2.81. The van der Waals surface area contributed by atoms with E-state index in [1.807, 2.05) is 36.4 Å². The fourth-order valence-corrected chi connectivity index (χ4v) is 2.80. The van der Waals surface area contributed by atoms with Gasteiger partial charge in [-0.15, -0.1) is 0 Å². The molecule has 1 aromatic heterocycles. The lowest BCUT2D eigenvalue weighted by Gasteiger charge is -2.29. The van der Waals surface area contributed by atoms with Crippen LogP contribution in [0.15, 0.2) is 48.8 Å². The lowest BCUT2D eigenvalue weighted by Crippen LogP contribution is -2.35. The largest absolute Gasteiger partial charge is 0.352 e. The van der Waals surface area contributed by atoms with Crippen LogP contribution in [0.2, 0.25) is 0 Å². The molecule has 0 radical (unpaired) electrons. The quantitative estimate of drug-likeness (QED) is 0.865. The summed E-state index contributed by atoms with van der Waals surface area (Å²) in [5.74, 6) is -0.157. The number of nitrogens with zero attached hydrogens (tertiary/aromatic N) is 2. The highest BCUT2D eigenvalue weighted by Gasteiger charge is 2.23. The zero-order chi connectivity index (χ0) is 19.2. The molecule has 1 heterocycles. The molecule has 0 aliphatic rings. The summed E-state index contributed by atoms with van der Waals surface area (Å²) in [6.45, 7) is 8.67. The Kier molecular flexibility index (Phi) is 6.50. The number of para-hydroxylation sites is 1. The van der Waals surface area contributed by atoms with Crippen molar-refractivity contribution in [2.45, 2.75) is 46.1 Å². The van der Waals surface area contributed by atoms with Crippen molar-refractivity contribution in [3.8, 4) is 0 Å². The van der Waals surface area contributed by atoms with Gasteiger partial charge in [-0.1, -0.05) is 45.0 Å². The Bertz CT molecular complexity index is 751. The van der Waals surface area contributed by atoms with Gasteiger partial charge in [0.15, 0.2) is 0 Å². The normalized spacial score (nSPS) is 11.1. The van der Waals surface area contributed by atoms with Crippen LogP contribution in [0.4, 0.5) is 5.69 Å². The first kappa shape index (κ1) is 19.6. The third-order valence-electron chi connectivity index (χ3n) is 4.16. The Morgan fingerprint density at radius 3 is 2.46 bits per heavy atom. The second-order valence-electron chi connectivity index (χ2n) is 7.33. The van der Waals surface area contributed by atoms with Crippen molar-refractivity contribution < 1.29 is 9.59 Å². The van der Waals surface area contributed by atoms with Gasteiger partial charge in [-0.05, 0) is 28.7 Å². The molecule has 0 aliphatic carbocycles. The van der Waals surface area contributed by atoms with Crippen LogP contribution in [0, 0.1) is 0 Å². The predicted octanol–water partition coefficient (Wildman–Crippen LogP) is 3.44. The van der Waals surface area contributed by atoms with Crippen molar-refractivity contribution in [1.82, 2.24) is 10.3 Å². The highest BCUT2D eigenvalue weighted by Crippen LogP contribution is 2.32. The number of anilines is 1. The van der Waals surface area contributed by atoms with E-state index >= 15 is 0 Å². The van der Waals surface area contributed by atoms with Crippen LogP contribution in [-0.4, -0.2) is 23.3 Å². The first-order valence-corrected chi connectivity index (χ1v) is 8.82. The number of carbonyl (C=O) groups is 2. The van der Waals surface area contributed by atoms with Gasteiger partial charge in [-0.3, -0.25) is 14.6 Å². The number of amides is 2. The maximum absolute atomic E-state index is 12.2. The van der Waals surface area contributed by atoms with E-state index in [0.29, 0.717) is 13.1 Å². The molecule has 5 nitrogen and oxygen atoms in total. The highest BCUT2D eigenvalue weighted by molar-refractivity contribution is 5.93. The Labute approximate surface area is 155 Å². The van der Waals surface area contributed by atoms with Crippen LogP contribution >= 0.6 is 0 Å². The van der Waals surface area contributed by atoms with Gasteiger partial charge in [-0.2, -0.15) is 0 Å². The summed E-state index contributed by atoms with van der Waals surface area (Å²) in [5, 5.41) is 2.87. The minimum absolute atomic E-state index is 0.0678. The van der Waals surface area contributed by atoms with Crippen LogP contribution in [0.25, 0.3) is 0 Å². The van der Waals surface area contributed by atoms with Crippen molar-refractivity contribution >= 4 is 17.5 Å². The molecule has 0 saturated carbocycles. The smallest absolute Gasteiger partial charge is 0.223 e. The molecule has 0 fully saturated rings. The topological polar surface area (TPSA) is 62.3 Å². The Morgan fingerprint density at radius 1 is 1.12 bits per heavy atom. The van der Waals surface area contributed by atoms with Crippen molar-refractivity contribution in [3.63, 3.8) is 0 Å². The van der Waals surface area contributed by atoms with Gasteiger partial charge < -0.3 is 10.2 Å². The molecule has 2 aromatic rings. The number of carbonyl (C=O) groups excluding carboxylic acids is 2. The molecule has 0 bridgehead atoms. The summed E-state index contributed by atoms with van der Waals surface area (Å²) in [4.78, 5) is 30.1. The van der Waals surface area contributed by atoms with E-state index in [1.165, 1.54) is 6.92 Å². The van der Waals surface area contributed by atoms with Crippen molar-refractivity contribution in [2.75, 3.05) is 11.4 Å². The monoisotopic (exact) mass is 353 g/mol. The standard InChI is InChI=1S/C21H27N3O2/c1-16(25)24(19-10-6-5-9-18(19)21(2,3)4)13-11-20(26)23-15-17-8-7-12-22-14-17/h5-10,12,14H,11,13,15H2,1-4H3,(H,23,26). The summed E-state index contributed by atoms with van der Waals surface area (Å²) in [7, 11) is 0. The molecule has 138 valence electrons. The van der Waals surface area contributed by atoms with E-state index in [9.17, 15) is 9.59 Å². The summed E-state index contributed by atoms with van der Waals surface area (Å²) >= 11 is 0. The highest BCUT2D eigenvalue weighted by atomic mass is 16.2. The second-order valence-corrected chi connectivity index (χ2v) is 7.33. The zero-order valence-corrected chi connectivity index (χ0v) is 16.0. The Balaban J connectivity index is 2.03. The summed E-state index contributed by atoms with van der Waals surface area (Å²) in [6.07, 6.45) is 3.67. The van der Waals surface area contributed by atoms with E-state index in [2.05, 4.69) is 31.1 Å². The van der Waals surface area contributed by atoms with E-state index in [0.717, 1.165) is 16.8 Å². The fraction of sp³-hybridized carbons (Fsp3) is 0.381. The van der Waals surface area contributed by atoms with Crippen LogP contribution in [-0.2, 0) is 21.5 Å². The van der Waals surface area contributed by atoms with E-state index in [1.54, 1.807) is 17.3 Å². The van der Waals surface area contributed by atoms with Gasteiger partial charge >= 0.3 is 0 Å². The van der Waals surface area contributed by atoms with E-state index < -0.39 is 0 Å². The van der Waals surface area contributed by atoms with Crippen molar-refractivity contribution in [2.24, 2.45) is 0 Å². The van der Waals surface area contributed by atoms with Gasteiger partial charge in [0, 0.05) is 44.5 Å². The molecule has 1 aromatic carbocycles. The average Bonchev–Trinajstić information content (AvgIpc) is 2.60. The van der Waals surface area contributed by atoms with Gasteiger partial charge in [0.1, 0.15) is 0 Å². The third-order valence-corrected chi connectivity index (χ3v) is 4.16. The molecule has 2 rings (SSSR count). The number of benzene rings is 1. The Morgan fingerprint density at radius 2 is 1.85 bits per heavy atom. The van der Waals surface area contributed by atoms with Crippen LogP contribution in [0.5, 0.6) is 0 Å². The molecule has 0 atom stereocenters. The molecule has 1 N–H and O–H groups in total. The molecule has 5 heteroatoms. The molecule has 0 aliphatic heterocycles. The SMILES string of the molecule is CC(=O)N(CCC(=O)NCc1cccnc1)c1ccccc1C(C)(C)C. The molecular weight excluding hydrogens is 326 g/mol. The van der Waals surface area contributed by atoms with Gasteiger partial charge in [0.25, 0.3) is 0 Å². The zero-order valence-electron chi connectivity index (χ0n) is 16.0. The lowest BCUT2D eigenvalue weighted by atomic mass is 9.85. The van der Waals surface area contributed by atoms with Gasteiger partial charge in [0.05, 0.1) is 0 Å². The minimum atomic E-state index is -0.0904. The molecule has 0 unspecified atom stereocenters. The van der Waals surface area contributed by atoms with Crippen LogP contribution in [0.3, 0.4) is 0 Å². The van der Waals surface area contributed by atoms with Crippen LogP contribution in [0.1, 0.15) is 45.2 Å². The van der Waals surface area contributed by atoms with Crippen molar-refractivity contribution in [1.29, 1.82) is 0 Å². The predicted molar refractivity (Wildman–Crippen MR) is 104 cm³/mol. The third kappa shape index (κ3) is 5.41. The first-order valence-electron chi connectivity index (χ1n) is 8.82. The maximum atomic E-state index is 12.2. The van der Waals surface area contributed by atoms with Gasteiger partial charge in [-0.25, -0.2) is 0 Å². The number of nitrogens with one attached hydrogen (secondary N) is 1. The van der Waals surface area contributed by atoms with E-state index in [4.69, 9.17) is 0 Å². The first-order chi connectivity index (χ1) is 12.3. The van der Waals surface area contributed by atoms with Crippen molar-refractivity contribution in [3.05, 3.63) is 59.9 Å². The van der Waals surface area contributed by atoms with Crippen LogP contribution < -0.4 is 10.2 Å². The minimum Gasteiger partial charge on any atom is -0.352 e. The number of rotatable bonds is 6. The maximum Gasteiger partial charge on any atom is 0.223 e. The lowest BCUT2D eigenvalue weighted by molar-refractivity contribution is -0.121. The molecule has 0 spiro atoms. The molecule has 0 saturated heterocycles. The Hall–Kier alpha value is -2.69. The second kappa shape index (κ2) is 8.61. The van der Waals surface area contributed by atoms with Gasteiger partial charge in [0.2, 0.25) is 11.8 Å². The number of hydrogen-bond acceptors (Lipinski definition) is 3. The van der Waals surface area contributed by atoms with E-state index in [-0.39, 0.29) is 23.7 Å². The summed E-state index contributed by atoms with van der Waals surface area (Å²) in [6, 6.07) is 11.6.